The van der Waals surface area contributed by atoms with Crippen LogP contribution in [0.5, 0.6) is 0 Å². The summed E-state index contributed by atoms with van der Waals surface area (Å²) in [7, 11) is 0. The van der Waals surface area contributed by atoms with Gasteiger partial charge in [-0.25, -0.2) is 4.98 Å². The number of hydrogen-bond donors (Lipinski definition) is 1. The molecule has 3 rings (SSSR count). The number of aromatic nitrogens is 2. The van der Waals surface area contributed by atoms with Crippen LogP contribution in [0.4, 0.5) is 11.8 Å². The fourth-order valence-electron chi connectivity index (χ4n) is 2.46. The van der Waals surface area contributed by atoms with Gasteiger partial charge in [0.2, 0.25) is 5.95 Å². The highest BCUT2D eigenvalue weighted by molar-refractivity contribution is 5.46. The van der Waals surface area contributed by atoms with Crippen LogP contribution in [-0.4, -0.2) is 22.1 Å². The Bertz CT molecular complexity index is 620. The zero-order chi connectivity index (χ0) is 15.5. The smallest absolute Gasteiger partial charge is 0.228 e. The molecular weight excluding hydrogens is 272 g/mol. The van der Waals surface area contributed by atoms with E-state index in [-0.39, 0.29) is 0 Å². The Hall–Kier alpha value is -2.10. The fraction of sp³-hybridized carbons (Fsp3) is 0.444. The van der Waals surface area contributed by atoms with E-state index in [0.29, 0.717) is 12.1 Å². The number of rotatable bonds is 6. The Balaban J connectivity index is 1.85. The topological polar surface area (TPSA) is 41.1 Å². The molecule has 4 nitrogen and oxygen atoms in total. The molecule has 0 unspecified atom stereocenters. The minimum atomic E-state index is 0.343. The zero-order valence-electron chi connectivity index (χ0n) is 13.6. The summed E-state index contributed by atoms with van der Waals surface area (Å²) >= 11 is 0. The van der Waals surface area contributed by atoms with Crippen LogP contribution in [0.1, 0.15) is 37.9 Å². The van der Waals surface area contributed by atoms with E-state index in [1.54, 1.807) is 0 Å². The Morgan fingerprint density at radius 2 is 1.91 bits per heavy atom. The summed E-state index contributed by atoms with van der Waals surface area (Å²) < 4.78 is 0. The lowest BCUT2D eigenvalue weighted by Crippen LogP contribution is -2.32. The van der Waals surface area contributed by atoms with Gasteiger partial charge in [0.25, 0.3) is 0 Å². The third-order valence-corrected chi connectivity index (χ3v) is 3.85. The summed E-state index contributed by atoms with van der Waals surface area (Å²) in [5.74, 6) is 1.76. The molecule has 0 radical (unpaired) electrons. The summed E-state index contributed by atoms with van der Waals surface area (Å²) in [4.78, 5) is 11.6. The Labute approximate surface area is 132 Å². The van der Waals surface area contributed by atoms with Crippen LogP contribution in [0.2, 0.25) is 0 Å². The lowest BCUT2D eigenvalue weighted by atomic mass is 10.2. The molecule has 1 N–H and O–H groups in total. The van der Waals surface area contributed by atoms with Gasteiger partial charge in [-0.05, 0) is 39.2 Å². The summed E-state index contributed by atoms with van der Waals surface area (Å²) in [6.45, 7) is 7.22. The van der Waals surface area contributed by atoms with Crippen LogP contribution in [0, 0.1) is 6.92 Å². The third kappa shape index (κ3) is 3.75. The van der Waals surface area contributed by atoms with Crippen molar-refractivity contribution in [2.75, 3.05) is 10.2 Å². The molecule has 116 valence electrons. The van der Waals surface area contributed by atoms with Gasteiger partial charge in [-0.2, -0.15) is 4.98 Å². The number of aryl methyl sites for hydroxylation is 1. The van der Waals surface area contributed by atoms with E-state index in [1.165, 1.54) is 18.4 Å². The lowest BCUT2D eigenvalue weighted by Gasteiger charge is -2.27. The van der Waals surface area contributed by atoms with Crippen molar-refractivity contribution >= 4 is 11.8 Å². The van der Waals surface area contributed by atoms with E-state index in [2.05, 4.69) is 53.3 Å². The van der Waals surface area contributed by atoms with Crippen LogP contribution in [0.15, 0.2) is 36.4 Å². The molecule has 0 saturated heterocycles. The van der Waals surface area contributed by atoms with Gasteiger partial charge in [0.05, 0.1) is 0 Å². The molecule has 1 saturated carbocycles. The van der Waals surface area contributed by atoms with Crippen molar-refractivity contribution in [2.24, 2.45) is 0 Å². The second-order valence-corrected chi connectivity index (χ2v) is 6.32. The number of hydrogen-bond acceptors (Lipinski definition) is 4. The molecule has 0 amide bonds. The van der Waals surface area contributed by atoms with Crippen LogP contribution in [0.3, 0.4) is 0 Å². The van der Waals surface area contributed by atoms with Crippen LogP contribution >= 0.6 is 0 Å². The molecule has 1 aliphatic rings. The second-order valence-electron chi connectivity index (χ2n) is 6.32. The van der Waals surface area contributed by atoms with Gasteiger partial charge in [0.15, 0.2) is 0 Å². The van der Waals surface area contributed by atoms with E-state index in [1.807, 2.05) is 19.1 Å². The molecule has 1 heterocycles. The first-order valence-corrected chi connectivity index (χ1v) is 8.04. The van der Waals surface area contributed by atoms with Crippen molar-refractivity contribution in [3.63, 3.8) is 0 Å². The normalized spacial score (nSPS) is 14.2. The molecule has 0 spiro atoms. The van der Waals surface area contributed by atoms with Gasteiger partial charge in [0.1, 0.15) is 5.82 Å². The Morgan fingerprint density at radius 1 is 1.18 bits per heavy atom. The molecule has 1 aromatic carbocycles. The first kappa shape index (κ1) is 14.8. The van der Waals surface area contributed by atoms with Crippen LogP contribution in [-0.2, 0) is 6.54 Å². The first-order chi connectivity index (χ1) is 10.6. The van der Waals surface area contributed by atoms with E-state index in [0.717, 1.165) is 24.0 Å². The van der Waals surface area contributed by atoms with E-state index < -0.39 is 0 Å². The molecule has 22 heavy (non-hydrogen) atoms. The summed E-state index contributed by atoms with van der Waals surface area (Å²) in [6, 6.07) is 13.5. The average Bonchev–Trinajstić information content (AvgIpc) is 3.29. The van der Waals surface area contributed by atoms with Crippen molar-refractivity contribution < 1.29 is 0 Å². The monoisotopic (exact) mass is 296 g/mol. The van der Waals surface area contributed by atoms with Crippen molar-refractivity contribution in [3.05, 3.63) is 47.7 Å². The third-order valence-electron chi connectivity index (χ3n) is 3.85. The zero-order valence-corrected chi connectivity index (χ0v) is 13.6. The van der Waals surface area contributed by atoms with Gasteiger partial charge in [-0.15, -0.1) is 0 Å². The van der Waals surface area contributed by atoms with Gasteiger partial charge >= 0.3 is 0 Å². The maximum Gasteiger partial charge on any atom is 0.228 e. The molecule has 4 heteroatoms. The first-order valence-electron chi connectivity index (χ1n) is 8.04. The Morgan fingerprint density at radius 3 is 2.55 bits per heavy atom. The van der Waals surface area contributed by atoms with Crippen LogP contribution in [0.25, 0.3) is 0 Å². The van der Waals surface area contributed by atoms with E-state index in [9.17, 15) is 0 Å². The van der Waals surface area contributed by atoms with Gasteiger partial charge in [-0.1, -0.05) is 30.3 Å². The SMILES string of the molecule is Cc1cc(NC2CC2)nc(N(Cc2ccccc2)C(C)C)n1. The van der Waals surface area contributed by atoms with Crippen molar-refractivity contribution in [2.45, 2.75) is 52.2 Å². The number of anilines is 2. The number of nitrogens with one attached hydrogen (secondary N) is 1. The van der Waals surface area contributed by atoms with E-state index >= 15 is 0 Å². The van der Waals surface area contributed by atoms with Crippen molar-refractivity contribution in [1.29, 1.82) is 0 Å². The molecular formula is C18H24N4. The predicted octanol–water partition coefficient (Wildman–Crippen LogP) is 3.77. The highest BCUT2D eigenvalue weighted by Gasteiger charge is 2.22. The van der Waals surface area contributed by atoms with Crippen molar-refractivity contribution in [1.82, 2.24) is 9.97 Å². The molecule has 1 aromatic heterocycles. The fourth-order valence-corrected chi connectivity index (χ4v) is 2.46. The standard InChI is InChI=1S/C18H24N4/c1-13(2)22(12-15-7-5-4-6-8-15)18-19-14(3)11-17(21-18)20-16-9-10-16/h4-8,11,13,16H,9-10,12H2,1-3H3,(H,19,20,21). The Kier molecular flexibility index (Phi) is 4.27. The van der Waals surface area contributed by atoms with Crippen LogP contribution < -0.4 is 10.2 Å². The van der Waals surface area contributed by atoms with Gasteiger partial charge < -0.3 is 10.2 Å². The van der Waals surface area contributed by atoms with Gasteiger partial charge in [0, 0.05) is 30.4 Å². The largest absolute Gasteiger partial charge is 0.367 e. The minimum absolute atomic E-state index is 0.343. The van der Waals surface area contributed by atoms with E-state index in [4.69, 9.17) is 4.98 Å². The molecule has 1 fully saturated rings. The molecule has 2 aromatic rings. The summed E-state index contributed by atoms with van der Waals surface area (Å²) in [5, 5.41) is 3.48. The predicted molar refractivity (Wildman–Crippen MR) is 91.2 cm³/mol. The van der Waals surface area contributed by atoms with Gasteiger partial charge in [-0.3, -0.25) is 0 Å². The maximum atomic E-state index is 4.74. The maximum absolute atomic E-state index is 4.74. The molecule has 1 aliphatic carbocycles. The molecule has 0 bridgehead atoms. The number of nitrogens with zero attached hydrogens (tertiary/aromatic N) is 3. The lowest BCUT2D eigenvalue weighted by molar-refractivity contribution is 0.659. The molecule has 0 aliphatic heterocycles. The quantitative estimate of drug-likeness (QED) is 0.881. The second kappa shape index (κ2) is 6.34. The highest BCUT2D eigenvalue weighted by atomic mass is 15.3. The summed E-state index contributed by atoms with van der Waals surface area (Å²) in [5.41, 5.74) is 2.28. The average molecular weight is 296 g/mol. The number of benzene rings is 1. The molecule has 0 atom stereocenters. The van der Waals surface area contributed by atoms with Crippen molar-refractivity contribution in [3.8, 4) is 0 Å². The minimum Gasteiger partial charge on any atom is -0.367 e. The highest BCUT2D eigenvalue weighted by Crippen LogP contribution is 2.25. The summed E-state index contributed by atoms with van der Waals surface area (Å²) in [6.07, 6.45) is 2.49.